The van der Waals surface area contributed by atoms with E-state index in [0.29, 0.717) is 0 Å². The molecule has 0 aromatic carbocycles. The molecule has 0 amide bonds. The highest BCUT2D eigenvalue weighted by molar-refractivity contribution is 4.61. The quantitative estimate of drug-likeness (QED) is 0.114. The van der Waals surface area contributed by atoms with E-state index in [1.165, 1.54) is 167 Å². The van der Waals surface area contributed by atoms with E-state index < -0.39 is 0 Å². The molecule has 0 N–H and O–H groups in total. The van der Waals surface area contributed by atoms with Gasteiger partial charge in [-0.3, -0.25) is 0 Å². The van der Waals surface area contributed by atoms with Crippen molar-refractivity contribution in [1.82, 2.24) is 9.80 Å². The molecule has 0 bridgehead atoms. The van der Waals surface area contributed by atoms with Gasteiger partial charge in [-0.15, -0.1) is 0 Å². The SMILES string of the molecule is CCCCCCCCCCCCN(CCCCCCCCCCCC)CCCCN(C)C. The van der Waals surface area contributed by atoms with Crippen LogP contribution in [0, 0.1) is 0 Å². The minimum absolute atomic E-state index is 1.24. The first-order valence-corrected chi connectivity index (χ1v) is 15.1. The lowest BCUT2D eigenvalue weighted by Gasteiger charge is -2.23. The summed E-state index contributed by atoms with van der Waals surface area (Å²) in [6.45, 7) is 9.86. The zero-order valence-electron chi connectivity index (χ0n) is 23.3. The fourth-order valence-corrected chi connectivity index (χ4v) is 4.74. The molecule has 194 valence electrons. The summed E-state index contributed by atoms with van der Waals surface area (Å²) in [7, 11) is 4.40. The summed E-state index contributed by atoms with van der Waals surface area (Å²) < 4.78 is 0. The topological polar surface area (TPSA) is 6.48 Å². The molecule has 32 heavy (non-hydrogen) atoms. The molecule has 0 rings (SSSR count). The monoisotopic (exact) mass is 453 g/mol. The second kappa shape index (κ2) is 27.2. The van der Waals surface area contributed by atoms with E-state index >= 15 is 0 Å². The molecule has 0 aromatic rings. The first kappa shape index (κ1) is 31.9. The summed E-state index contributed by atoms with van der Waals surface area (Å²) in [5.41, 5.74) is 0. The van der Waals surface area contributed by atoms with Gasteiger partial charge in [-0.05, 0) is 66.0 Å². The van der Waals surface area contributed by atoms with E-state index in [2.05, 4.69) is 37.7 Å². The number of hydrogen-bond acceptors (Lipinski definition) is 2. The zero-order valence-corrected chi connectivity index (χ0v) is 23.3. The van der Waals surface area contributed by atoms with Crippen LogP contribution in [0.2, 0.25) is 0 Å². The van der Waals surface area contributed by atoms with Crippen LogP contribution in [0.25, 0.3) is 0 Å². The molecular weight excluding hydrogens is 388 g/mol. The fourth-order valence-electron chi connectivity index (χ4n) is 4.74. The number of unbranched alkanes of at least 4 members (excludes halogenated alkanes) is 19. The standard InChI is InChI=1S/C30H64N2/c1-5-7-9-11-13-15-17-19-21-23-28-32(30-26-25-27-31(3)4)29-24-22-20-18-16-14-12-10-8-6-2/h5-30H2,1-4H3. The van der Waals surface area contributed by atoms with Crippen LogP contribution >= 0.6 is 0 Å². The predicted molar refractivity (Wildman–Crippen MR) is 148 cm³/mol. The number of nitrogens with zero attached hydrogens (tertiary/aromatic N) is 2. The van der Waals surface area contributed by atoms with Gasteiger partial charge in [0.1, 0.15) is 0 Å². The largest absolute Gasteiger partial charge is 0.309 e. The second-order valence-corrected chi connectivity index (χ2v) is 10.7. The maximum absolute atomic E-state index is 2.80. The number of rotatable bonds is 27. The third-order valence-corrected chi connectivity index (χ3v) is 6.99. The van der Waals surface area contributed by atoms with Gasteiger partial charge in [-0.2, -0.15) is 0 Å². The average molecular weight is 453 g/mol. The van der Waals surface area contributed by atoms with Gasteiger partial charge >= 0.3 is 0 Å². The molecule has 0 heterocycles. The summed E-state index contributed by atoms with van der Waals surface area (Å²) in [6, 6.07) is 0. The summed E-state index contributed by atoms with van der Waals surface area (Å²) >= 11 is 0. The van der Waals surface area contributed by atoms with E-state index in [0.717, 1.165) is 0 Å². The summed E-state index contributed by atoms with van der Waals surface area (Å²) in [4.78, 5) is 5.13. The summed E-state index contributed by atoms with van der Waals surface area (Å²) in [5.74, 6) is 0. The molecule has 0 saturated carbocycles. The molecular formula is C30H64N2. The Morgan fingerprint density at radius 1 is 0.312 bits per heavy atom. The van der Waals surface area contributed by atoms with Crippen LogP contribution in [0.3, 0.4) is 0 Å². The second-order valence-electron chi connectivity index (χ2n) is 10.7. The van der Waals surface area contributed by atoms with Gasteiger partial charge in [-0.25, -0.2) is 0 Å². The molecule has 0 unspecified atom stereocenters. The van der Waals surface area contributed by atoms with Gasteiger partial charge < -0.3 is 9.80 Å². The van der Waals surface area contributed by atoms with Crippen molar-refractivity contribution in [1.29, 1.82) is 0 Å². The predicted octanol–water partition coefficient (Wildman–Crippen LogP) is 9.47. The molecule has 2 heteroatoms. The van der Waals surface area contributed by atoms with Crippen LogP contribution in [0.1, 0.15) is 155 Å². The van der Waals surface area contributed by atoms with Gasteiger partial charge in [0.2, 0.25) is 0 Å². The van der Waals surface area contributed by atoms with Gasteiger partial charge in [0.25, 0.3) is 0 Å². The molecule has 0 aliphatic carbocycles. The highest BCUT2D eigenvalue weighted by Crippen LogP contribution is 2.13. The lowest BCUT2D eigenvalue weighted by Crippen LogP contribution is -2.28. The van der Waals surface area contributed by atoms with E-state index in [1.807, 2.05) is 0 Å². The third-order valence-electron chi connectivity index (χ3n) is 6.99. The molecule has 0 fully saturated rings. The van der Waals surface area contributed by atoms with Crippen LogP contribution in [-0.4, -0.2) is 50.1 Å². The van der Waals surface area contributed by atoms with Crippen molar-refractivity contribution in [3.8, 4) is 0 Å². The third kappa shape index (κ3) is 26.2. The van der Waals surface area contributed by atoms with Crippen LogP contribution in [0.4, 0.5) is 0 Å². The van der Waals surface area contributed by atoms with Crippen molar-refractivity contribution < 1.29 is 0 Å². The maximum Gasteiger partial charge on any atom is -0.00183 e. The van der Waals surface area contributed by atoms with E-state index in [1.54, 1.807) is 0 Å². The Hall–Kier alpha value is -0.0800. The van der Waals surface area contributed by atoms with Crippen molar-refractivity contribution in [3.63, 3.8) is 0 Å². The van der Waals surface area contributed by atoms with Crippen molar-refractivity contribution in [2.75, 3.05) is 40.3 Å². The average Bonchev–Trinajstić information content (AvgIpc) is 2.78. The normalized spacial score (nSPS) is 11.8. The smallest absolute Gasteiger partial charge is 0.00183 e. The van der Waals surface area contributed by atoms with Gasteiger partial charge in [0.15, 0.2) is 0 Å². The van der Waals surface area contributed by atoms with E-state index in [-0.39, 0.29) is 0 Å². The van der Waals surface area contributed by atoms with Crippen LogP contribution in [0.5, 0.6) is 0 Å². The molecule has 0 aliphatic rings. The lowest BCUT2D eigenvalue weighted by atomic mass is 10.1. The summed E-state index contributed by atoms with van der Waals surface area (Å²) in [6.07, 6.45) is 31.6. The van der Waals surface area contributed by atoms with E-state index in [9.17, 15) is 0 Å². The van der Waals surface area contributed by atoms with E-state index in [4.69, 9.17) is 0 Å². The molecule has 2 nitrogen and oxygen atoms in total. The molecule has 0 aliphatic heterocycles. The Morgan fingerprint density at radius 3 is 0.875 bits per heavy atom. The van der Waals surface area contributed by atoms with Crippen LogP contribution in [-0.2, 0) is 0 Å². The molecule has 0 spiro atoms. The molecule has 0 atom stereocenters. The minimum Gasteiger partial charge on any atom is -0.309 e. The van der Waals surface area contributed by atoms with Crippen molar-refractivity contribution >= 4 is 0 Å². The van der Waals surface area contributed by atoms with Crippen molar-refractivity contribution in [2.24, 2.45) is 0 Å². The Morgan fingerprint density at radius 2 is 0.562 bits per heavy atom. The molecule has 0 radical (unpaired) electrons. The van der Waals surface area contributed by atoms with Crippen LogP contribution in [0.15, 0.2) is 0 Å². The first-order valence-electron chi connectivity index (χ1n) is 15.1. The molecule has 0 aromatic heterocycles. The summed E-state index contributed by atoms with van der Waals surface area (Å²) in [5, 5.41) is 0. The van der Waals surface area contributed by atoms with Gasteiger partial charge in [0.05, 0.1) is 0 Å². The highest BCUT2D eigenvalue weighted by atomic mass is 15.1. The van der Waals surface area contributed by atoms with Gasteiger partial charge in [-0.1, -0.05) is 129 Å². The first-order chi connectivity index (χ1) is 15.7. The Labute approximate surface area is 205 Å². The highest BCUT2D eigenvalue weighted by Gasteiger charge is 2.05. The number of hydrogen-bond donors (Lipinski definition) is 0. The van der Waals surface area contributed by atoms with Crippen molar-refractivity contribution in [3.05, 3.63) is 0 Å². The zero-order chi connectivity index (χ0) is 23.5. The fraction of sp³-hybridized carbons (Fsp3) is 1.00. The Bertz CT molecular complexity index is 305. The van der Waals surface area contributed by atoms with Crippen molar-refractivity contribution in [2.45, 2.75) is 155 Å². The van der Waals surface area contributed by atoms with Crippen LogP contribution < -0.4 is 0 Å². The maximum atomic E-state index is 2.80. The Balaban J connectivity index is 3.76. The minimum atomic E-state index is 1.24. The Kier molecular flexibility index (Phi) is 27.1. The van der Waals surface area contributed by atoms with Gasteiger partial charge in [0, 0.05) is 0 Å². The molecule has 0 saturated heterocycles. The lowest BCUT2D eigenvalue weighted by molar-refractivity contribution is 0.250.